The number of piperazine rings is 1. The Bertz CT molecular complexity index is 225. The van der Waals surface area contributed by atoms with Crippen LogP contribution in [-0.2, 0) is 0 Å². The average molecular weight is 195 g/mol. The third-order valence-electron chi connectivity index (χ3n) is 4.36. The molecule has 0 aliphatic carbocycles. The Balaban J connectivity index is 1.66. The van der Waals surface area contributed by atoms with Crippen molar-refractivity contribution in [1.29, 1.82) is 0 Å². The highest BCUT2D eigenvalue weighted by Gasteiger charge is 2.42. The summed E-state index contributed by atoms with van der Waals surface area (Å²) in [5.74, 6) is 0. The lowest BCUT2D eigenvalue weighted by Crippen LogP contribution is -2.69. The monoisotopic (exact) mass is 195 g/mol. The van der Waals surface area contributed by atoms with Crippen LogP contribution in [0.5, 0.6) is 0 Å². The number of likely N-dealkylation sites (tertiary alicyclic amines) is 1. The Labute approximate surface area is 86.7 Å². The molecule has 2 unspecified atom stereocenters. The van der Waals surface area contributed by atoms with E-state index in [-0.39, 0.29) is 0 Å². The van der Waals surface area contributed by atoms with Crippen LogP contribution in [0.25, 0.3) is 0 Å². The first-order valence-corrected chi connectivity index (χ1v) is 5.88. The van der Waals surface area contributed by atoms with Crippen LogP contribution >= 0.6 is 0 Å². The summed E-state index contributed by atoms with van der Waals surface area (Å²) in [6.07, 6.45) is 2.87. The highest BCUT2D eigenvalue weighted by molar-refractivity contribution is 4.99. The van der Waals surface area contributed by atoms with Gasteiger partial charge in [0, 0.05) is 44.3 Å². The Kier molecular flexibility index (Phi) is 2.08. The summed E-state index contributed by atoms with van der Waals surface area (Å²) in [6.45, 7) is 5.24. The van der Waals surface area contributed by atoms with Crippen molar-refractivity contribution in [2.24, 2.45) is 0 Å². The van der Waals surface area contributed by atoms with Crippen LogP contribution in [-0.4, -0.2) is 73.1 Å². The summed E-state index contributed by atoms with van der Waals surface area (Å²) in [7, 11) is 4.52. The molecule has 2 bridgehead atoms. The average Bonchev–Trinajstić information content (AvgIpc) is 2.14. The number of hydrogen-bond donors (Lipinski definition) is 0. The van der Waals surface area contributed by atoms with E-state index in [0.717, 1.165) is 18.1 Å². The molecule has 0 aromatic rings. The normalized spacial score (nSPS) is 41.6. The Morgan fingerprint density at radius 3 is 2.00 bits per heavy atom. The van der Waals surface area contributed by atoms with E-state index < -0.39 is 0 Å². The van der Waals surface area contributed by atoms with Gasteiger partial charge in [0.05, 0.1) is 0 Å². The van der Waals surface area contributed by atoms with Crippen LogP contribution in [0.15, 0.2) is 0 Å². The van der Waals surface area contributed by atoms with Crippen molar-refractivity contribution < 1.29 is 0 Å². The van der Waals surface area contributed by atoms with E-state index in [1.54, 1.807) is 0 Å². The first-order chi connectivity index (χ1) is 6.74. The lowest BCUT2D eigenvalue weighted by atomic mass is 9.88. The first-order valence-electron chi connectivity index (χ1n) is 5.88. The van der Waals surface area contributed by atoms with Gasteiger partial charge in [0.25, 0.3) is 0 Å². The van der Waals surface area contributed by atoms with Gasteiger partial charge in [0.1, 0.15) is 0 Å². The fraction of sp³-hybridized carbons (Fsp3) is 1.00. The lowest BCUT2D eigenvalue weighted by molar-refractivity contribution is -0.0676. The minimum Gasteiger partial charge on any atom is -0.303 e. The Morgan fingerprint density at radius 2 is 1.50 bits per heavy atom. The van der Waals surface area contributed by atoms with Crippen molar-refractivity contribution in [3.8, 4) is 0 Å². The molecule has 3 nitrogen and oxygen atoms in total. The standard InChI is InChI=1S/C11H21N3/c1-12-5-11(6-12)14-8-9-3-4-10(14)7-13(9)2/h9-11H,3-8H2,1-2H3. The van der Waals surface area contributed by atoms with Crippen LogP contribution < -0.4 is 0 Å². The molecule has 0 amide bonds. The van der Waals surface area contributed by atoms with Crippen molar-refractivity contribution in [1.82, 2.24) is 14.7 Å². The molecule has 0 saturated carbocycles. The molecule has 0 spiro atoms. The summed E-state index contributed by atoms with van der Waals surface area (Å²) in [4.78, 5) is 7.78. The third kappa shape index (κ3) is 1.30. The van der Waals surface area contributed by atoms with Gasteiger partial charge in [-0.3, -0.25) is 4.90 Å². The third-order valence-corrected chi connectivity index (χ3v) is 4.36. The van der Waals surface area contributed by atoms with Crippen LogP contribution in [0.1, 0.15) is 12.8 Å². The molecule has 0 aromatic carbocycles. The largest absolute Gasteiger partial charge is 0.303 e. The molecule has 3 heteroatoms. The van der Waals surface area contributed by atoms with Crippen LogP contribution in [0, 0.1) is 0 Å². The fourth-order valence-corrected chi connectivity index (χ4v) is 3.39. The second kappa shape index (κ2) is 3.19. The van der Waals surface area contributed by atoms with Gasteiger partial charge in [-0.05, 0) is 26.9 Å². The Hall–Kier alpha value is -0.120. The van der Waals surface area contributed by atoms with E-state index >= 15 is 0 Å². The van der Waals surface area contributed by atoms with Crippen LogP contribution in [0.4, 0.5) is 0 Å². The second-order valence-electron chi connectivity index (χ2n) is 5.40. The highest BCUT2D eigenvalue weighted by Crippen LogP contribution is 2.31. The van der Waals surface area contributed by atoms with E-state index in [1.807, 2.05) is 0 Å². The van der Waals surface area contributed by atoms with Gasteiger partial charge in [-0.15, -0.1) is 0 Å². The summed E-state index contributed by atoms with van der Waals surface area (Å²) in [6, 6.07) is 2.59. The molecular weight excluding hydrogens is 174 g/mol. The number of nitrogens with zero attached hydrogens (tertiary/aromatic N) is 3. The van der Waals surface area contributed by atoms with Crippen LogP contribution in [0.3, 0.4) is 0 Å². The number of likely N-dealkylation sites (N-methyl/N-ethyl adjacent to an activating group) is 2. The maximum Gasteiger partial charge on any atom is 0.0354 e. The van der Waals surface area contributed by atoms with E-state index in [2.05, 4.69) is 28.8 Å². The van der Waals surface area contributed by atoms with Crippen molar-refractivity contribution in [3.63, 3.8) is 0 Å². The molecule has 4 fully saturated rings. The number of fused-ring (bicyclic) bond motifs is 3. The van der Waals surface area contributed by atoms with Gasteiger partial charge in [-0.2, -0.15) is 0 Å². The molecule has 4 aliphatic heterocycles. The van der Waals surface area contributed by atoms with Gasteiger partial charge in [0.15, 0.2) is 0 Å². The molecule has 0 aromatic heterocycles. The molecule has 14 heavy (non-hydrogen) atoms. The van der Waals surface area contributed by atoms with Crippen LogP contribution in [0.2, 0.25) is 0 Å². The van der Waals surface area contributed by atoms with Crippen molar-refractivity contribution in [2.45, 2.75) is 31.0 Å². The zero-order valence-electron chi connectivity index (χ0n) is 9.32. The number of piperidine rings is 2. The molecule has 4 rings (SSSR count). The summed E-state index contributed by atoms with van der Waals surface area (Å²) < 4.78 is 0. The summed E-state index contributed by atoms with van der Waals surface area (Å²) in [5, 5.41) is 0. The molecule has 0 N–H and O–H groups in total. The molecule has 80 valence electrons. The second-order valence-corrected chi connectivity index (χ2v) is 5.40. The van der Waals surface area contributed by atoms with Gasteiger partial charge < -0.3 is 9.80 Å². The smallest absolute Gasteiger partial charge is 0.0354 e. The van der Waals surface area contributed by atoms with E-state index in [9.17, 15) is 0 Å². The van der Waals surface area contributed by atoms with Crippen molar-refractivity contribution >= 4 is 0 Å². The van der Waals surface area contributed by atoms with Gasteiger partial charge in [-0.25, -0.2) is 0 Å². The summed E-state index contributed by atoms with van der Waals surface area (Å²) >= 11 is 0. The molecule has 4 aliphatic rings. The van der Waals surface area contributed by atoms with E-state index in [0.29, 0.717) is 0 Å². The van der Waals surface area contributed by atoms with Gasteiger partial charge in [0.2, 0.25) is 0 Å². The van der Waals surface area contributed by atoms with Crippen molar-refractivity contribution in [3.05, 3.63) is 0 Å². The maximum absolute atomic E-state index is 2.79. The van der Waals surface area contributed by atoms with E-state index in [4.69, 9.17) is 0 Å². The quantitative estimate of drug-likeness (QED) is 0.587. The van der Waals surface area contributed by atoms with Gasteiger partial charge in [-0.1, -0.05) is 0 Å². The Morgan fingerprint density at radius 1 is 0.786 bits per heavy atom. The minimum atomic E-state index is 0.853. The molecule has 4 saturated heterocycles. The molecule has 4 heterocycles. The molecule has 2 atom stereocenters. The van der Waals surface area contributed by atoms with Crippen molar-refractivity contribution in [2.75, 3.05) is 40.3 Å². The topological polar surface area (TPSA) is 9.72 Å². The number of rotatable bonds is 1. The number of hydrogen-bond acceptors (Lipinski definition) is 3. The van der Waals surface area contributed by atoms with E-state index in [1.165, 1.54) is 39.0 Å². The first kappa shape index (κ1) is 9.13. The predicted octanol–water partition coefficient (Wildman–Crippen LogP) is 0.0788. The molecule has 0 radical (unpaired) electrons. The zero-order chi connectivity index (χ0) is 9.71. The fourth-order valence-electron chi connectivity index (χ4n) is 3.39. The highest BCUT2D eigenvalue weighted by atomic mass is 15.4. The summed E-state index contributed by atoms with van der Waals surface area (Å²) in [5.41, 5.74) is 0. The maximum atomic E-state index is 2.79. The molecular formula is C11H21N3. The zero-order valence-corrected chi connectivity index (χ0v) is 9.32. The van der Waals surface area contributed by atoms with Gasteiger partial charge >= 0.3 is 0 Å². The lowest BCUT2D eigenvalue weighted by Gasteiger charge is -2.56. The SMILES string of the molecule is CN1CC(N2CC3CCC2CN3C)C1. The minimum absolute atomic E-state index is 0.853. The predicted molar refractivity (Wildman–Crippen MR) is 57.4 cm³/mol.